The van der Waals surface area contributed by atoms with E-state index in [1.165, 1.54) is 0 Å². The first kappa shape index (κ1) is 23.3. The molecule has 1 saturated heterocycles. The van der Waals surface area contributed by atoms with Crippen LogP contribution < -0.4 is 4.90 Å². The van der Waals surface area contributed by atoms with Gasteiger partial charge in [0.05, 0.1) is 22.5 Å². The number of carbonyl (C=O) groups excluding carboxylic acids is 1. The number of benzene rings is 2. The maximum Gasteiger partial charge on any atom is 0.225 e. The average Bonchev–Trinajstić information content (AvgIpc) is 3.23. The van der Waals surface area contributed by atoms with Crippen molar-refractivity contribution in [2.24, 2.45) is 5.92 Å². The van der Waals surface area contributed by atoms with Gasteiger partial charge in [0.2, 0.25) is 5.91 Å². The Morgan fingerprint density at radius 1 is 1.03 bits per heavy atom. The van der Waals surface area contributed by atoms with Crippen LogP contribution in [0, 0.1) is 19.8 Å². The molecule has 0 saturated carbocycles. The zero-order valence-electron chi connectivity index (χ0n) is 20.3. The lowest BCUT2D eigenvalue weighted by atomic mass is 9.95. The van der Waals surface area contributed by atoms with Gasteiger partial charge in [-0.3, -0.25) is 4.79 Å². The summed E-state index contributed by atoms with van der Waals surface area (Å²) in [7, 11) is 1.89. The SMILES string of the molecule is Cc1nnc(N2CCC(C(=O)N(C)Cc3ccccc3)CC2)c2nn(-c3ccc(Cl)cc3)c(C)c12. The van der Waals surface area contributed by atoms with Gasteiger partial charge >= 0.3 is 0 Å². The Hall–Kier alpha value is -3.45. The summed E-state index contributed by atoms with van der Waals surface area (Å²) in [6.45, 7) is 6.14. The van der Waals surface area contributed by atoms with E-state index < -0.39 is 0 Å². The highest BCUT2D eigenvalue weighted by Crippen LogP contribution is 2.32. The third-order valence-electron chi connectivity index (χ3n) is 6.84. The minimum atomic E-state index is 0.0159. The van der Waals surface area contributed by atoms with Gasteiger partial charge in [0.1, 0.15) is 5.52 Å². The van der Waals surface area contributed by atoms with Crippen LogP contribution in [0.15, 0.2) is 54.6 Å². The molecule has 0 aliphatic carbocycles. The molecule has 4 aromatic rings. The number of aryl methyl sites for hydroxylation is 2. The fraction of sp³-hybridized carbons (Fsp3) is 0.333. The molecule has 1 fully saturated rings. The minimum Gasteiger partial charge on any atom is -0.353 e. The van der Waals surface area contributed by atoms with Crippen molar-refractivity contribution >= 4 is 34.2 Å². The molecule has 1 aliphatic rings. The fourth-order valence-corrected chi connectivity index (χ4v) is 5.07. The van der Waals surface area contributed by atoms with Gasteiger partial charge in [-0.1, -0.05) is 41.9 Å². The number of hydrogen-bond donors (Lipinski definition) is 0. The monoisotopic (exact) mass is 488 g/mol. The molecule has 1 amide bonds. The second-order valence-corrected chi connectivity index (χ2v) is 9.68. The number of amides is 1. The van der Waals surface area contributed by atoms with Gasteiger partial charge in [-0.15, -0.1) is 5.10 Å². The largest absolute Gasteiger partial charge is 0.353 e. The minimum absolute atomic E-state index is 0.0159. The molecule has 2 aromatic carbocycles. The van der Waals surface area contributed by atoms with Crippen LogP contribution in [-0.4, -0.2) is 50.9 Å². The standard InChI is InChI=1S/C27H29ClN6O/c1-18-24-19(2)34(23-11-9-22(28)10-12-23)31-25(24)26(30-29-18)33-15-13-21(14-16-33)27(35)32(3)17-20-7-5-4-6-8-20/h4-12,21H,13-17H2,1-3H3. The molecule has 0 spiro atoms. The fourth-order valence-electron chi connectivity index (χ4n) is 4.94. The van der Waals surface area contributed by atoms with E-state index in [4.69, 9.17) is 16.7 Å². The quantitative estimate of drug-likeness (QED) is 0.397. The van der Waals surface area contributed by atoms with Crippen LogP contribution in [0.2, 0.25) is 5.02 Å². The van der Waals surface area contributed by atoms with E-state index in [0.717, 1.165) is 65.3 Å². The summed E-state index contributed by atoms with van der Waals surface area (Å²) in [5, 5.41) is 15.6. The van der Waals surface area contributed by atoms with Crippen LogP contribution >= 0.6 is 11.6 Å². The normalized spacial score (nSPS) is 14.5. The molecule has 8 heteroatoms. The van der Waals surface area contributed by atoms with Gasteiger partial charge in [-0.05, 0) is 56.5 Å². The summed E-state index contributed by atoms with van der Waals surface area (Å²) in [6, 6.07) is 17.8. The van der Waals surface area contributed by atoms with Crippen LogP contribution in [0.5, 0.6) is 0 Å². The van der Waals surface area contributed by atoms with Gasteiger partial charge in [0, 0.05) is 37.6 Å². The molecule has 5 rings (SSSR count). The van der Waals surface area contributed by atoms with Crippen molar-refractivity contribution in [3.8, 4) is 5.69 Å². The van der Waals surface area contributed by atoms with Crippen molar-refractivity contribution in [2.45, 2.75) is 33.2 Å². The smallest absolute Gasteiger partial charge is 0.225 e. The molecular weight excluding hydrogens is 460 g/mol. The highest BCUT2D eigenvalue weighted by atomic mass is 35.5. The number of hydrogen-bond acceptors (Lipinski definition) is 5. The molecule has 1 aliphatic heterocycles. The number of carbonyl (C=O) groups is 1. The average molecular weight is 489 g/mol. The van der Waals surface area contributed by atoms with E-state index >= 15 is 0 Å². The molecule has 0 unspecified atom stereocenters. The number of anilines is 1. The summed E-state index contributed by atoms with van der Waals surface area (Å²) >= 11 is 6.08. The van der Waals surface area contributed by atoms with Crippen LogP contribution in [0.3, 0.4) is 0 Å². The Kier molecular flexibility index (Phi) is 6.43. The van der Waals surface area contributed by atoms with Crippen molar-refractivity contribution < 1.29 is 4.79 Å². The summed E-state index contributed by atoms with van der Waals surface area (Å²) in [5.41, 5.74) is 4.80. The van der Waals surface area contributed by atoms with Crippen LogP contribution in [0.25, 0.3) is 16.6 Å². The van der Waals surface area contributed by atoms with Crippen LogP contribution in [0.4, 0.5) is 5.82 Å². The highest BCUT2D eigenvalue weighted by molar-refractivity contribution is 6.30. The Labute approximate surface area is 210 Å². The number of aromatic nitrogens is 4. The van der Waals surface area contributed by atoms with Gasteiger partial charge in [-0.25, -0.2) is 4.68 Å². The lowest BCUT2D eigenvalue weighted by molar-refractivity contribution is -0.135. The van der Waals surface area contributed by atoms with Crippen molar-refractivity contribution in [1.82, 2.24) is 24.9 Å². The molecule has 2 aromatic heterocycles. The summed E-state index contributed by atoms with van der Waals surface area (Å²) < 4.78 is 1.93. The lowest BCUT2D eigenvalue weighted by Gasteiger charge is -2.33. The number of piperidine rings is 1. The number of fused-ring (bicyclic) bond motifs is 1. The molecule has 0 atom stereocenters. The number of nitrogens with zero attached hydrogens (tertiary/aromatic N) is 6. The maximum atomic E-state index is 13.1. The molecular formula is C27H29ClN6O. The first-order valence-corrected chi connectivity index (χ1v) is 12.3. The molecule has 0 N–H and O–H groups in total. The Balaban J connectivity index is 1.34. The van der Waals surface area contributed by atoms with Gasteiger partial charge < -0.3 is 9.80 Å². The first-order chi connectivity index (χ1) is 16.9. The van der Waals surface area contributed by atoms with Crippen molar-refractivity contribution in [1.29, 1.82) is 0 Å². The molecule has 35 heavy (non-hydrogen) atoms. The van der Waals surface area contributed by atoms with Crippen LogP contribution in [-0.2, 0) is 11.3 Å². The molecule has 180 valence electrons. The predicted octanol–water partition coefficient (Wildman–Crippen LogP) is 4.96. The molecule has 3 heterocycles. The molecule has 0 radical (unpaired) electrons. The topological polar surface area (TPSA) is 67.2 Å². The highest BCUT2D eigenvalue weighted by Gasteiger charge is 2.30. The predicted molar refractivity (Wildman–Crippen MR) is 139 cm³/mol. The molecule has 7 nitrogen and oxygen atoms in total. The summed E-state index contributed by atoms with van der Waals surface area (Å²) in [6.07, 6.45) is 1.57. The van der Waals surface area contributed by atoms with Gasteiger partial charge in [0.25, 0.3) is 0 Å². The van der Waals surface area contributed by atoms with E-state index in [2.05, 4.69) is 34.2 Å². The first-order valence-electron chi connectivity index (χ1n) is 11.9. The van der Waals surface area contributed by atoms with E-state index in [0.29, 0.717) is 11.6 Å². The lowest BCUT2D eigenvalue weighted by Crippen LogP contribution is -2.41. The van der Waals surface area contributed by atoms with Crippen molar-refractivity contribution in [3.63, 3.8) is 0 Å². The number of rotatable bonds is 5. The second kappa shape index (κ2) is 9.66. The van der Waals surface area contributed by atoms with Crippen molar-refractivity contribution in [3.05, 3.63) is 76.6 Å². The molecule has 0 bridgehead atoms. The van der Waals surface area contributed by atoms with E-state index in [9.17, 15) is 4.79 Å². The maximum absolute atomic E-state index is 13.1. The van der Waals surface area contributed by atoms with E-state index in [1.54, 1.807) is 0 Å². The zero-order chi connectivity index (χ0) is 24.5. The van der Waals surface area contributed by atoms with Crippen molar-refractivity contribution in [2.75, 3.05) is 25.0 Å². The Morgan fingerprint density at radius 2 is 1.71 bits per heavy atom. The van der Waals surface area contributed by atoms with E-state index in [1.807, 2.05) is 66.0 Å². The second-order valence-electron chi connectivity index (χ2n) is 9.25. The number of halogens is 1. The summed E-state index contributed by atoms with van der Waals surface area (Å²) in [4.78, 5) is 17.1. The third kappa shape index (κ3) is 4.60. The Morgan fingerprint density at radius 3 is 2.40 bits per heavy atom. The van der Waals surface area contributed by atoms with Crippen LogP contribution in [0.1, 0.15) is 29.8 Å². The zero-order valence-corrected chi connectivity index (χ0v) is 21.0. The van der Waals surface area contributed by atoms with E-state index in [-0.39, 0.29) is 11.8 Å². The summed E-state index contributed by atoms with van der Waals surface area (Å²) in [5.74, 6) is 1.00. The Bertz CT molecular complexity index is 1340. The van der Waals surface area contributed by atoms with Gasteiger partial charge in [0.15, 0.2) is 5.82 Å². The third-order valence-corrected chi connectivity index (χ3v) is 7.09. The van der Waals surface area contributed by atoms with Gasteiger partial charge in [-0.2, -0.15) is 10.2 Å².